The fourth-order valence-electron chi connectivity index (χ4n) is 2.39. The molecule has 0 saturated carbocycles. The Bertz CT molecular complexity index is 825. The molecule has 1 atom stereocenters. The molecule has 0 aliphatic heterocycles. The Morgan fingerprint density at radius 2 is 2.00 bits per heavy atom. The van der Waals surface area contributed by atoms with Gasteiger partial charge in [-0.15, -0.1) is 11.6 Å². The molecule has 1 unspecified atom stereocenters. The van der Waals surface area contributed by atoms with Gasteiger partial charge < -0.3 is 0 Å². The number of nitrogens with zero attached hydrogens (tertiary/aromatic N) is 2. The van der Waals surface area contributed by atoms with E-state index in [1.807, 2.05) is 25.1 Å². The Hall–Kier alpha value is -1.03. The van der Waals surface area contributed by atoms with Crippen LogP contribution < -0.4 is 0 Å². The van der Waals surface area contributed by atoms with Crippen molar-refractivity contribution in [2.75, 3.05) is 0 Å². The highest BCUT2D eigenvalue weighted by molar-refractivity contribution is 9.10. The van der Waals surface area contributed by atoms with Gasteiger partial charge in [0.15, 0.2) is 0 Å². The van der Waals surface area contributed by atoms with Crippen LogP contribution in [0.3, 0.4) is 0 Å². The summed E-state index contributed by atoms with van der Waals surface area (Å²) in [4.78, 5) is 4.69. The Balaban J connectivity index is 2.39. The average molecular weight is 384 g/mol. The summed E-state index contributed by atoms with van der Waals surface area (Å²) in [5, 5.41) is 0.457. The summed E-state index contributed by atoms with van der Waals surface area (Å²) in [6.45, 7) is 3.97. The second-order valence-electron chi connectivity index (χ2n) is 4.99. The summed E-state index contributed by atoms with van der Waals surface area (Å²) in [6, 6.07) is 12.0. The van der Waals surface area contributed by atoms with Crippen LogP contribution in [0.25, 0.3) is 16.7 Å². The minimum Gasteiger partial charge on any atom is -0.294 e. The number of rotatable bonds is 2. The summed E-state index contributed by atoms with van der Waals surface area (Å²) in [7, 11) is 0. The molecule has 0 aliphatic rings. The highest BCUT2D eigenvalue weighted by Crippen LogP contribution is 2.34. The Kier molecular flexibility index (Phi) is 4.00. The van der Waals surface area contributed by atoms with Crippen molar-refractivity contribution < 1.29 is 0 Å². The van der Waals surface area contributed by atoms with E-state index < -0.39 is 0 Å². The summed E-state index contributed by atoms with van der Waals surface area (Å²) in [5.74, 6) is 0.806. The van der Waals surface area contributed by atoms with E-state index in [-0.39, 0.29) is 5.38 Å². The molecule has 0 radical (unpaired) electrons. The van der Waals surface area contributed by atoms with Crippen LogP contribution in [0.1, 0.15) is 23.7 Å². The van der Waals surface area contributed by atoms with E-state index in [2.05, 4.69) is 50.6 Å². The zero-order chi connectivity index (χ0) is 15.1. The Morgan fingerprint density at radius 3 is 2.71 bits per heavy atom. The average Bonchev–Trinajstić information content (AvgIpc) is 2.80. The van der Waals surface area contributed by atoms with Crippen molar-refractivity contribution in [3.63, 3.8) is 0 Å². The van der Waals surface area contributed by atoms with Crippen LogP contribution in [0.5, 0.6) is 0 Å². The summed E-state index contributed by atoms with van der Waals surface area (Å²) in [5.41, 5.74) is 4.07. The molecule has 0 bridgehead atoms. The van der Waals surface area contributed by atoms with Gasteiger partial charge in [0.25, 0.3) is 0 Å². The first kappa shape index (κ1) is 14.9. The monoisotopic (exact) mass is 382 g/mol. The first-order valence-electron chi connectivity index (χ1n) is 6.56. The van der Waals surface area contributed by atoms with E-state index in [9.17, 15) is 0 Å². The zero-order valence-electron chi connectivity index (χ0n) is 11.6. The van der Waals surface area contributed by atoms with Gasteiger partial charge >= 0.3 is 0 Å². The van der Waals surface area contributed by atoms with E-state index in [1.54, 1.807) is 0 Å². The maximum Gasteiger partial charge on any atom is 0.132 e. The molecule has 21 heavy (non-hydrogen) atoms. The molecule has 1 heterocycles. The van der Waals surface area contributed by atoms with Gasteiger partial charge in [-0.25, -0.2) is 4.98 Å². The van der Waals surface area contributed by atoms with E-state index in [4.69, 9.17) is 23.2 Å². The van der Waals surface area contributed by atoms with E-state index in [0.717, 1.165) is 27.0 Å². The van der Waals surface area contributed by atoms with Crippen LogP contribution >= 0.6 is 39.1 Å². The number of imidazole rings is 1. The van der Waals surface area contributed by atoms with Crippen molar-refractivity contribution in [3.05, 3.63) is 57.3 Å². The predicted molar refractivity (Wildman–Crippen MR) is 92.8 cm³/mol. The maximum absolute atomic E-state index is 6.33. The predicted octanol–water partition coefficient (Wildman–Crippen LogP) is 6.05. The number of hydrogen-bond donors (Lipinski definition) is 0. The smallest absolute Gasteiger partial charge is 0.132 e. The lowest BCUT2D eigenvalue weighted by molar-refractivity contribution is 0.880. The molecular formula is C16H13BrCl2N2. The van der Waals surface area contributed by atoms with E-state index in [0.29, 0.717) is 5.02 Å². The molecule has 0 amide bonds. The topological polar surface area (TPSA) is 17.8 Å². The molecule has 108 valence electrons. The van der Waals surface area contributed by atoms with Crippen molar-refractivity contribution >= 4 is 50.2 Å². The SMILES string of the molecule is Cc1ccc2c(c1)nc(C(C)Cl)n2-c1cccc(Cl)c1Br. The third kappa shape index (κ3) is 2.59. The molecule has 2 nitrogen and oxygen atoms in total. The molecule has 0 N–H and O–H groups in total. The van der Waals surface area contributed by atoms with Crippen LogP contribution in [-0.4, -0.2) is 9.55 Å². The number of alkyl halides is 1. The number of halogens is 3. The van der Waals surface area contributed by atoms with E-state index in [1.165, 1.54) is 5.56 Å². The first-order valence-corrected chi connectivity index (χ1v) is 8.17. The van der Waals surface area contributed by atoms with Crippen LogP contribution in [0, 0.1) is 6.92 Å². The van der Waals surface area contributed by atoms with Gasteiger partial charge in [-0.05, 0) is 59.6 Å². The van der Waals surface area contributed by atoms with Crippen molar-refractivity contribution in [1.29, 1.82) is 0 Å². The van der Waals surface area contributed by atoms with Crippen LogP contribution in [0.15, 0.2) is 40.9 Å². The van der Waals surface area contributed by atoms with Gasteiger partial charge in [0.1, 0.15) is 5.82 Å². The minimum atomic E-state index is -0.205. The fraction of sp³-hybridized carbons (Fsp3) is 0.188. The fourth-order valence-corrected chi connectivity index (χ4v) is 3.15. The second-order valence-corrected chi connectivity index (χ2v) is 6.84. The van der Waals surface area contributed by atoms with Crippen molar-refractivity contribution in [1.82, 2.24) is 9.55 Å². The standard InChI is InChI=1S/C16H13BrCl2N2/c1-9-6-7-13-12(8-9)20-16(10(2)18)21(13)14-5-3-4-11(19)15(14)17/h3-8,10H,1-2H3. The first-order chi connectivity index (χ1) is 9.99. The van der Waals surface area contributed by atoms with Gasteiger partial charge in [-0.1, -0.05) is 23.7 Å². The largest absolute Gasteiger partial charge is 0.294 e. The normalized spacial score (nSPS) is 12.8. The van der Waals surface area contributed by atoms with Crippen LogP contribution in [-0.2, 0) is 0 Å². The molecule has 0 aliphatic carbocycles. The number of hydrogen-bond acceptors (Lipinski definition) is 1. The van der Waals surface area contributed by atoms with Gasteiger partial charge in [0.2, 0.25) is 0 Å². The van der Waals surface area contributed by atoms with Gasteiger partial charge in [0.05, 0.1) is 31.6 Å². The Morgan fingerprint density at radius 1 is 1.24 bits per heavy atom. The minimum absolute atomic E-state index is 0.205. The molecule has 3 rings (SSSR count). The lowest BCUT2D eigenvalue weighted by Crippen LogP contribution is -2.02. The van der Waals surface area contributed by atoms with Crippen LogP contribution in [0.2, 0.25) is 5.02 Å². The molecule has 5 heteroatoms. The summed E-state index contributed by atoms with van der Waals surface area (Å²) >= 11 is 16.1. The molecule has 0 saturated heterocycles. The number of aryl methyl sites for hydroxylation is 1. The second kappa shape index (κ2) is 5.64. The van der Waals surface area contributed by atoms with E-state index >= 15 is 0 Å². The van der Waals surface area contributed by atoms with Crippen molar-refractivity contribution in [3.8, 4) is 5.69 Å². The third-order valence-electron chi connectivity index (χ3n) is 3.36. The lowest BCUT2D eigenvalue weighted by atomic mass is 10.2. The maximum atomic E-state index is 6.33. The quantitative estimate of drug-likeness (QED) is 0.492. The molecule has 1 aromatic heterocycles. The molecule has 0 spiro atoms. The lowest BCUT2D eigenvalue weighted by Gasteiger charge is -2.13. The third-order valence-corrected chi connectivity index (χ3v) is 4.94. The molecular weight excluding hydrogens is 371 g/mol. The summed E-state index contributed by atoms with van der Waals surface area (Å²) < 4.78 is 2.90. The highest BCUT2D eigenvalue weighted by atomic mass is 79.9. The molecule has 0 fully saturated rings. The summed E-state index contributed by atoms with van der Waals surface area (Å²) in [6.07, 6.45) is 0. The Labute approximate surface area is 141 Å². The molecule has 3 aromatic rings. The molecule has 2 aromatic carbocycles. The number of benzene rings is 2. The van der Waals surface area contributed by atoms with Gasteiger partial charge in [0, 0.05) is 0 Å². The van der Waals surface area contributed by atoms with Crippen molar-refractivity contribution in [2.45, 2.75) is 19.2 Å². The zero-order valence-corrected chi connectivity index (χ0v) is 14.7. The van der Waals surface area contributed by atoms with Crippen LogP contribution in [0.4, 0.5) is 0 Å². The number of aromatic nitrogens is 2. The number of fused-ring (bicyclic) bond motifs is 1. The van der Waals surface area contributed by atoms with Crippen molar-refractivity contribution in [2.24, 2.45) is 0 Å². The van der Waals surface area contributed by atoms with Gasteiger partial charge in [-0.2, -0.15) is 0 Å². The van der Waals surface area contributed by atoms with Gasteiger partial charge in [-0.3, -0.25) is 4.57 Å². The highest BCUT2D eigenvalue weighted by Gasteiger charge is 2.18.